The summed E-state index contributed by atoms with van der Waals surface area (Å²) < 4.78 is 5.37. The number of carbonyl (C=O) groups is 2. The SMILES string of the molecule is O=C1CCCCCCNC2(CCNCC2)COC(=O)C1. The van der Waals surface area contributed by atoms with E-state index in [0.29, 0.717) is 13.0 Å². The summed E-state index contributed by atoms with van der Waals surface area (Å²) in [5.74, 6) is -0.351. The third kappa shape index (κ3) is 4.87. The van der Waals surface area contributed by atoms with Crippen LogP contribution in [0.15, 0.2) is 0 Å². The Labute approximate surface area is 120 Å². The molecule has 0 aromatic heterocycles. The second-order valence-electron chi connectivity index (χ2n) is 6.00. The van der Waals surface area contributed by atoms with Crippen molar-refractivity contribution in [2.45, 2.75) is 56.9 Å². The molecule has 5 nitrogen and oxygen atoms in total. The van der Waals surface area contributed by atoms with Crippen LogP contribution in [-0.4, -0.2) is 43.5 Å². The largest absolute Gasteiger partial charge is 0.463 e. The molecule has 2 N–H and O–H groups in total. The number of Topliss-reactive ketones (excluding diaryl/α,β-unsaturated/α-hetero) is 1. The van der Waals surface area contributed by atoms with Gasteiger partial charge in [0.2, 0.25) is 0 Å². The molecular weight excluding hydrogens is 256 g/mol. The molecule has 2 rings (SSSR count). The highest BCUT2D eigenvalue weighted by atomic mass is 16.5. The highest BCUT2D eigenvalue weighted by molar-refractivity contribution is 5.95. The zero-order valence-corrected chi connectivity index (χ0v) is 12.2. The quantitative estimate of drug-likeness (QED) is 0.515. The molecule has 0 radical (unpaired) electrons. The van der Waals surface area contributed by atoms with Crippen molar-refractivity contribution in [3.05, 3.63) is 0 Å². The number of piperidine rings is 1. The van der Waals surface area contributed by atoms with E-state index in [1.165, 1.54) is 0 Å². The van der Waals surface area contributed by atoms with Crippen LogP contribution in [0, 0.1) is 0 Å². The van der Waals surface area contributed by atoms with Crippen LogP contribution in [0.25, 0.3) is 0 Å². The van der Waals surface area contributed by atoms with Gasteiger partial charge in [0.25, 0.3) is 0 Å². The number of nitrogens with one attached hydrogen (secondary N) is 2. The van der Waals surface area contributed by atoms with Crippen molar-refractivity contribution >= 4 is 11.8 Å². The molecule has 2 fully saturated rings. The first-order valence-electron chi connectivity index (χ1n) is 7.83. The minimum absolute atomic E-state index is 0.0153. The average Bonchev–Trinajstić information content (AvgIpc) is 2.46. The van der Waals surface area contributed by atoms with E-state index in [2.05, 4.69) is 10.6 Å². The fraction of sp³-hybridized carbons (Fsp3) is 0.867. The van der Waals surface area contributed by atoms with E-state index in [1.54, 1.807) is 0 Å². The lowest BCUT2D eigenvalue weighted by atomic mass is 9.89. The van der Waals surface area contributed by atoms with Gasteiger partial charge in [0.1, 0.15) is 18.8 Å². The van der Waals surface area contributed by atoms with Gasteiger partial charge in [-0.3, -0.25) is 9.59 Å². The monoisotopic (exact) mass is 282 g/mol. The van der Waals surface area contributed by atoms with Gasteiger partial charge in [-0.1, -0.05) is 12.8 Å². The zero-order chi connectivity index (χ0) is 14.3. The molecule has 0 bridgehead atoms. The van der Waals surface area contributed by atoms with Gasteiger partial charge in [-0.25, -0.2) is 0 Å². The van der Waals surface area contributed by atoms with Crippen LogP contribution >= 0.6 is 0 Å². The molecule has 114 valence electrons. The van der Waals surface area contributed by atoms with Crippen molar-refractivity contribution in [1.82, 2.24) is 10.6 Å². The maximum atomic E-state index is 11.7. The van der Waals surface area contributed by atoms with Crippen molar-refractivity contribution in [1.29, 1.82) is 0 Å². The lowest BCUT2D eigenvalue weighted by Crippen LogP contribution is -2.56. The predicted molar refractivity (Wildman–Crippen MR) is 76.5 cm³/mol. The summed E-state index contributed by atoms with van der Waals surface area (Å²) in [4.78, 5) is 23.4. The Morgan fingerprint density at radius 2 is 1.70 bits per heavy atom. The summed E-state index contributed by atoms with van der Waals surface area (Å²) in [6.45, 7) is 3.25. The average molecular weight is 282 g/mol. The number of ether oxygens (including phenoxy) is 1. The molecular formula is C15H26N2O3. The lowest BCUT2D eigenvalue weighted by Gasteiger charge is -2.38. The Hall–Kier alpha value is -0.940. The van der Waals surface area contributed by atoms with Gasteiger partial charge < -0.3 is 15.4 Å². The number of hydrogen-bond acceptors (Lipinski definition) is 5. The van der Waals surface area contributed by atoms with E-state index in [0.717, 1.165) is 58.2 Å². The second-order valence-corrected chi connectivity index (χ2v) is 6.00. The van der Waals surface area contributed by atoms with E-state index >= 15 is 0 Å². The van der Waals surface area contributed by atoms with Crippen LogP contribution in [0.4, 0.5) is 0 Å². The summed E-state index contributed by atoms with van der Waals surface area (Å²) >= 11 is 0. The van der Waals surface area contributed by atoms with Crippen molar-refractivity contribution in [2.75, 3.05) is 26.2 Å². The first kappa shape index (κ1) is 15.4. The maximum absolute atomic E-state index is 11.7. The number of cyclic esters (lactones) is 1. The number of rotatable bonds is 0. The molecule has 2 aliphatic heterocycles. The predicted octanol–water partition coefficient (Wildman–Crippen LogP) is 1.16. The molecule has 0 amide bonds. The van der Waals surface area contributed by atoms with E-state index < -0.39 is 0 Å². The minimum atomic E-state index is -0.367. The van der Waals surface area contributed by atoms with Crippen LogP contribution in [0.3, 0.4) is 0 Å². The van der Waals surface area contributed by atoms with Gasteiger partial charge in [-0.2, -0.15) is 0 Å². The minimum Gasteiger partial charge on any atom is -0.463 e. The van der Waals surface area contributed by atoms with Crippen LogP contribution < -0.4 is 10.6 Å². The molecule has 5 heteroatoms. The Balaban J connectivity index is 1.95. The number of ketones is 1. The molecule has 2 aliphatic rings. The second kappa shape index (κ2) is 7.74. The topological polar surface area (TPSA) is 67.4 Å². The van der Waals surface area contributed by atoms with Crippen LogP contribution in [0.1, 0.15) is 51.4 Å². The highest BCUT2D eigenvalue weighted by Crippen LogP contribution is 2.20. The number of esters is 1. The molecule has 20 heavy (non-hydrogen) atoms. The highest BCUT2D eigenvalue weighted by Gasteiger charge is 2.33. The lowest BCUT2D eigenvalue weighted by molar-refractivity contribution is -0.148. The van der Waals surface area contributed by atoms with Crippen molar-refractivity contribution in [3.63, 3.8) is 0 Å². The van der Waals surface area contributed by atoms with E-state index in [-0.39, 0.29) is 23.7 Å². The van der Waals surface area contributed by atoms with Gasteiger partial charge in [-0.15, -0.1) is 0 Å². The van der Waals surface area contributed by atoms with E-state index in [4.69, 9.17) is 4.74 Å². The molecule has 0 unspecified atom stereocenters. The molecule has 2 heterocycles. The molecule has 2 saturated heterocycles. The molecule has 0 aromatic carbocycles. The van der Waals surface area contributed by atoms with Crippen molar-refractivity contribution in [3.8, 4) is 0 Å². The summed E-state index contributed by atoms with van der Waals surface area (Å²) in [5.41, 5.74) is -0.0992. The van der Waals surface area contributed by atoms with Crippen LogP contribution in [0.2, 0.25) is 0 Å². The Morgan fingerprint density at radius 1 is 0.950 bits per heavy atom. The van der Waals surface area contributed by atoms with Crippen LogP contribution in [0.5, 0.6) is 0 Å². The Morgan fingerprint density at radius 3 is 2.50 bits per heavy atom. The van der Waals surface area contributed by atoms with Gasteiger partial charge in [0.05, 0.1) is 5.54 Å². The Kier molecular flexibility index (Phi) is 5.98. The zero-order valence-electron chi connectivity index (χ0n) is 12.2. The summed E-state index contributed by atoms with van der Waals surface area (Å²) in [5, 5.41) is 6.94. The smallest absolute Gasteiger partial charge is 0.313 e. The van der Waals surface area contributed by atoms with Crippen molar-refractivity contribution in [2.24, 2.45) is 0 Å². The summed E-state index contributed by atoms with van der Waals surface area (Å²) in [6.07, 6.45) is 6.60. The fourth-order valence-electron chi connectivity index (χ4n) is 2.95. The Bertz CT molecular complexity index is 338. The number of carbonyl (C=O) groups excluding carboxylic acids is 2. The van der Waals surface area contributed by atoms with Crippen molar-refractivity contribution < 1.29 is 14.3 Å². The molecule has 0 aromatic rings. The van der Waals surface area contributed by atoms with Crippen LogP contribution in [-0.2, 0) is 14.3 Å². The third-order valence-corrected chi connectivity index (χ3v) is 4.29. The third-order valence-electron chi connectivity index (χ3n) is 4.29. The molecule has 0 saturated carbocycles. The standard InChI is InChI=1S/C15H26N2O3/c18-13-5-3-1-2-4-8-17-15(6-9-16-10-7-15)12-20-14(19)11-13/h16-17H,1-12H2. The summed E-state index contributed by atoms with van der Waals surface area (Å²) in [7, 11) is 0. The molecule has 0 aliphatic carbocycles. The fourth-order valence-corrected chi connectivity index (χ4v) is 2.95. The van der Waals surface area contributed by atoms with Gasteiger partial charge in [0.15, 0.2) is 0 Å². The number of hydrogen-bond donors (Lipinski definition) is 2. The first-order chi connectivity index (χ1) is 9.70. The first-order valence-corrected chi connectivity index (χ1v) is 7.83. The summed E-state index contributed by atoms with van der Waals surface area (Å²) in [6, 6.07) is 0. The molecule has 0 atom stereocenters. The van der Waals surface area contributed by atoms with E-state index in [1.807, 2.05) is 0 Å². The normalized spacial score (nSPS) is 26.2. The van der Waals surface area contributed by atoms with Gasteiger partial charge in [-0.05, 0) is 45.3 Å². The van der Waals surface area contributed by atoms with Gasteiger partial charge in [0, 0.05) is 6.42 Å². The van der Waals surface area contributed by atoms with Gasteiger partial charge >= 0.3 is 5.97 Å². The molecule has 1 spiro atoms. The maximum Gasteiger partial charge on any atom is 0.313 e. The van der Waals surface area contributed by atoms with E-state index in [9.17, 15) is 9.59 Å².